The van der Waals surface area contributed by atoms with Gasteiger partial charge in [-0.3, -0.25) is 0 Å². The van der Waals surface area contributed by atoms with Crippen LogP contribution < -0.4 is 0 Å². The van der Waals surface area contributed by atoms with Gasteiger partial charge in [-0.05, 0) is 24.8 Å². The van der Waals surface area contributed by atoms with Crippen molar-refractivity contribution in [1.82, 2.24) is 4.31 Å². The monoisotopic (exact) mass is 269 g/mol. The minimum atomic E-state index is -3.25. The third kappa shape index (κ3) is 3.10. The molecular weight excluding hydrogens is 250 g/mol. The third-order valence-corrected chi connectivity index (χ3v) is 5.30. The van der Waals surface area contributed by atoms with Crippen molar-refractivity contribution in [1.29, 1.82) is 0 Å². The van der Waals surface area contributed by atoms with E-state index in [0.29, 0.717) is 13.0 Å². The highest BCUT2D eigenvalue weighted by molar-refractivity contribution is 7.89. The third-order valence-electron chi connectivity index (χ3n) is 3.38. The van der Waals surface area contributed by atoms with E-state index in [2.05, 4.69) is 0 Å². The van der Waals surface area contributed by atoms with Crippen LogP contribution in [-0.4, -0.2) is 42.8 Å². The van der Waals surface area contributed by atoms with Gasteiger partial charge in [0.15, 0.2) is 0 Å². The first kappa shape index (κ1) is 13.5. The summed E-state index contributed by atoms with van der Waals surface area (Å²) >= 11 is 0. The van der Waals surface area contributed by atoms with Crippen molar-refractivity contribution >= 4 is 10.0 Å². The molecule has 100 valence electrons. The van der Waals surface area contributed by atoms with Crippen LogP contribution >= 0.6 is 0 Å². The molecule has 1 heterocycles. The molecule has 1 saturated heterocycles. The van der Waals surface area contributed by atoms with Gasteiger partial charge < -0.3 is 5.11 Å². The minimum Gasteiger partial charge on any atom is -0.395 e. The lowest BCUT2D eigenvalue weighted by molar-refractivity contribution is 0.213. The molecule has 4 nitrogen and oxygen atoms in total. The zero-order valence-electron chi connectivity index (χ0n) is 10.3. The molecule has 1 aromatic carbocycles. The maximum Gasteiger partial charge on any atom is 0.214 e. The topological polar surface area (TPSA) is 57.6 Å². The number of nitrogens with zero attached hydrogens (tertiary/aromatic N) is 1. The Hall–Kier alpha value is -0.910. The summed E-state index contributed by atoms with van der Waals surface area (Å²) in [6, 6.07) is 9.39. The lowest BCUT2D eigenvalue weighted by Crippen LogP contribution is -2.39. The minimum absolute atomic E-state index is 0.0788. The van der Waals surface area contributed by atoms with Crippen LogP contribution in [-0.2, 0) is 16.4 Å². The zero-order valence-corrected chi connectivity index (χ0v) is 11.1. The van der Waals surface area contributed by atoms with Crippen LogP contribution in [0.15, 0.2) is 30.3 Å². The molecule has 1 fully saturated rings. The summed E-state index contributed by atoms with van der Waals surface area (Å²) in [7, 11) is -3.25. The molecule has 1 aliphatic rings. The predicted molar refractivity (Wildman–Crippen MR) is 70.7 cm³/mol. The summed E-state index contributed by atoms with van der Waals surface area (Å²) < 4.78 is 25.8. The summed E-state index contributed by atoms with van der Waals surface area (Å²) in [5.41, 5.74) is 1.03. The molecule has 1 aromatic rings. The number of hydrogen-bond donors (Lipinski definition) is 1. The van der Waals surface area contributed by atoms with Gasteiger partial charge in [-0.2, -0.15) is 4.31 Å². The normalized spacial score (nSPS) is 21.3. The number of rotatable bonds is 5. The average molecular weight is 269 g/mol. The van der Waals surface area contributed by atoms with Crippen LogP contribution in [0.2, 0.25) is 0 Å². The van der Waals surface area contributed by atoms with E-state index < -0.39 is 10.0 Å². The van der Waals surface area contributed by atoms with Gasteiger partial charge in [0.25, 0.3) is 0 Å². The molecule has 5 heteroatoms. The second-order valence-electron chi connectivity index (χ2n) is 4.64. The fourth-order valence-electron chi connectivity index (χ4n) is 2.37. The Morgan fingerprint density at radius 2 is 2.00 bits per heavy atom. The van der Waals surface area contributed by atoms with Gasteiger partial charge in [-0.15, -0.1) is 0 Å². The number of aliphatic hydroxyl groups excluding tert-OH is 1. The first-order valence-corrected chi connectivity index (χ1v) is 7.89. The van der Waals surface area contributed by atoms with Gasteiger partial charge in [-0.25, -0.2) is 8.42 Å². The molecule has 18 heavy (non-hydrogen) atoms. The predicted octanol–water partition coefficient (Wildman–Crippen LogP) is 1.02. The zero-order chi connectivity index (χ0) is 13.0. The number of sulfonamides is 1. The van der Waals surface area contributed by atoms with Crippen molar-refractivity contribution < 1.29 is 13.5 Å². The van der Waals surface area contributed by atoms with E-state index in [1.165, 1.54) is 4.31 Å². The van der Waals surface area contributed by atoms with Crippen molar-refractivity contribution in [2.75, 3.05) is 18.9 Å². The molecule has 0 saturated carbocycles. The maximum atomic E-state index is 12.2. The van der Waals surface area contributed by atoms with Crippen LogP contribution in [0.3, 0.4) is 0 Å². The Labute approximate surface area is 108 Å². The smallest absolute Gasteiger partial charge is 0.214 e. The molecule has 2 rings (SSSR count). The van der Waals surface area contributed by atoms with E-state index >= 15 is 0 Å². The summed E-state index contributed by atoms with van der Waals surface area (Å²) in [4.78, 5) is 0. The van der Waals surface area contributed by atoms with Gasteiger partial charge in [-0.1, -0.05) is 30.3 Å². The van der Waals surface area contributed by atoms with Crippen LogP contribution in [0, 0.1) is 0 Å². The Morgan fingerprint density at radius 3 is 2.67 bits per heavy atom. The van der Waals surface area contributed by atoms with E-state index in [-0.39, 0.29) is 18.4 Å². The van der Waals surface area contributed by atoms with Crippen LogP contribution in [0.25, 0.3) is 0 Å². The van der Waals surface area contributed by atoms with E-state index in [1.807, 2.05) is 30.3 Å². The fourth-order valence-corrected chi connectivity index (χ4v) is 4.13. The van der Waals surface area contributed by atoms with Crippen molar-refractivity contribution in [3.8, 4) is 0 Å². The average Bonchev–Trinajstić information content (AvgIpc) is 2.87. The Morgan fingerprint density at radius 1 is 1.28 bits per heavy atom. The number of benzene rings is 1. The molecule has 1 atom stereocenters. The van der Waals surface area contributed by atoms with Crippen molar-refractivity contribution in [3.05, 3.63) is 35.9 Å². The summed E-state index contributed by atoms with van der Waals surface area (Å²) in [5, 5.41) is 9.18. The Bertz CT molecular complexity index is 472. The quantitative estimate of drug-likeness (QED) is 0.868. The highest BCUT2D eigenvalue weighted by Crippen LogP contribution is 2.21. The molecular formula is C13H19NO3S. The first-order valence-electron chi connectivity index (χ1n) is 6.28. The fraction of sp³-hybridized carbons (Fsp3) is 0.538. The maximum absolute atomic E-state index is 12.2. The Balaban J connectivity index is 1.99. The standard InChI is InChI=1S/C13H19NO3S/c15-11-13-7-4-9-14(13)18(16,17)10-8-12-5-2-1-3-6-12/h1-3,5-6,13,15H,4,7-11H2/t13-/m1/s1. The molecule has 0 amide bonds. The van der Waals surface area contributed by atoms with E-state index in [4.69, 9.17) is 0 Å². The Kier molecular flexibility index (Phi) is 4.37. The molecule has 1 N–H and O–H groups in total. The van der Waals surface area contributed by atoms with Crippen molar-refractivity contribution in [2.45, 2.75) is 25.3 Å². The molecule has 0 bridgehead atoms. The van der Waals surface area contributed by atoms with E-state index in [0.717, 1.165) is 18.4 Å². The number of aryl methyl sites for hydroxylation is 1. The van der Waals surface area contributed by atoms with Gasteiger partial charge in [0.05, 0.1) is 12.4 Å². The summed E-state index contributed by atoms with van der Waals surface area (Å²) in [5.74, 6) is 0.119. The largest absolute Gasteiger partial charge is 0.395 e. The molecule has 1 aliphatic heterocycles. The van der Waals surface area contributed by atoms with Crippen molar-refractivity contribution in [3.63, 3.8) is 0 Å². The van der Waals surface area contributed by atoms with Crippen molar-refractivity contribution in [2.24, 2.45) is 0 Å². The number of aliphatic hydroxyl groups is 1. The second-order valence-corrected chi connectivity index (χ2v) is 6.68. The summed E-state index contributed by atoms with van der Waals surface area (Å²) in [6.07, 6.45) is 2.13. The van der Waals surface area contributed by atoms with Gasteiger partial charge in [0, 0.05) is 12.6 Å². The SMILES string of the molecule is O=S(=O)(CCc1ccccc1)N1CCC[C@@H]1CO. The lowest BCUT2D eigenvalue weighted by atomic mass is 10.2. The van der Waals surface area contributed by atoms with Gasteiger partial charge in [0.2, 0.25) is 10.0 Å². The number of hydrogen-bond acceptors (Lipinski definition) is 3. The van der Waals surface area contributed by atoms with Gasteiger partial charge >= 0.3 is 0 Å². The van der Waals surface area contributed by atoms with Crippen LogP contribution in [0.4, 0.5) is 0 Å². The highest BCUT2D eigenvalue weighted by atomic mass is 32.2. The first-order chi connectivity index (χ1) is 8.63. The van der Waals surface area contributed by atoms with Crippen LogP contribution in [0.5, 0.6) is 0 Å². The van der Waals surface area contributed by atoms with Crippen LogP contribution in [0.1, 0.15) is 18.4 Å². The molecule has 0 aromatic heterocycles. The second kappa shape index (κ2) is 5.82. The van der Waals surface area contributed by atoms with E-state index in [1.54, 1.807) is 0 Å². The molecule has 0 unspecified atom stereocenters. The lowest BCUT2D eigenvalue weighted by Gasteiger charge is -2.22. The molecule has 0 spiro atoms. The molecule has 0 radical (unpaired) electrons. The molecule has 0 aliphatic carbocycles. The highest BCUT2D eigenvalue weighted by Gasteiger charge is 2.33. The van der Waals surface area contributed by atoms with Gasteiger partial charge in [0.1, 0.15) is 0 Å². The van der Waals surface area contributed by atoms with E-state index in [9.17, 15) is 13.5 Å². The summed E-state index contributed by atoms with van der Waals surface area (Å²) in [6.45, 7) is 0.465.